The third kappa shape index (κ3) is 7.97. The van der Waals surface area contributed by atoms with Gasteiger partial charge in [-0.1, -0.05) is 31.6 Å². The first kappa shape index (κ1) is 46.3. The summed E-state index contributed by atoms with van der Waals surface area (Å²) in [5, 5.41) is 33.5. The molecule has 8 aliphatic rings. The lowest BCUT2D eigenvalue weighted by Gasteiger charge is -2.63. The Bertz CT molecular complexity index is 1970. The van der Waals surface area contributed by atoms with Crippen LogP contribution in [0.1, 0.15) is 92.4 Å². The van der Waals surface area contributed by atoms with Gasteiger partial charge in [-0.25, -0.2) is 4.79 Å². The van der Waals surface area contributed by atoms with Crippen LogP contribution in [-0.4, -0.2) is 116 Å². The summed E-state index contributed by atoms with van der Waals surface area (Å²) in [6, 6.07) is 0. The van der Waals surface area contributed by atoms with Gasteiger partial charge < -0.3 is 72.2 Å². The molecule has 0 aromatic carbocycles. The highest BCUT2D eigenvalue weighted by Gasteiger charge is 2.71. The molecule has 0 radical (unpaired) electrons. The van der Waals surface area contributed by atoms with Crippen LogP contribution in [0.15, 0.2) is 71.4 Å². The van der Waals surface area contributed by atoms with E-state index in [0.29, 0.717) is 62.7 Å². The standard InChI is InChI=1S/C47H64O17/c1-9-24(2)41(51)64-35-19-31-30(47(52)17-15-29(25(3)48)46(35,47)5)12-10-26-18-28(14-16-45(26,31)4)60-43-39(54-7)34(23-58-43)63-44-40(55-8)33(22-59-44)62-42-37(50)38(53-6)32(21-57-42)61-36-13-11-27(49)20-56-36/h9-10,20-23,28-31,35-40,42-44,49-50,52H,11-19H2,1-8H3/b24-9+/t28?,29?,30?,31?,35?,36-,37?,38?,39?,40?,42-,43?,44?,45?,46?,47?/m0/s1. The molecule has 0 aromatic heterocycles. The molecule has 0 aromatic rings. The van der Waals surface area contributed by atoms with E-state index in [1.165, 1.54) is 52.0 Å². The number of fused-ring (bicyclic) bond motifs is 5. The van der Waals surface area contributed by atoms with Gasteiger partial charge in [0.05, 0.1) is 11.7 Å². The van der Waals surface area contributed by atoms with Gasteiger partial charge in [-0.15, -0.1) is 0 Å². The van der Waals surface area contributed by atoms with Crippen LogP contribution in [0.25, 0.3) is 0 Å². The highest BCUT2D eigenvalue weighted by atomic mass is 16.8. The van der Waals surface area contributed by atoms with Gasteiger partial charge in [-0.05, 0) is 83.0 Å². The number of carbonyl (C=O) groups is 2. The van der Waals surface area contributed by atoms with Gasteiger partial charge >= 0.3 is 5.97 Å². The summed E-state index contributed by atoms with van der Waals surface area (Å²) >= 11 is 0. The molecule has 0 amide bonds. The molecule has 8 rings (SSSR count). The summed E-state index contributed by atoms with van der Waals surface area (Å²) in [5.74, 6) is -0.0640. The largest absolute Gasteiger partial charge is 0.509 e. The van der Waals surface area contributed by atoms with Crippen LogP contribution in [0.2, 0.25) is 0 Å². The van der Waals surface area contributed by atoms with Crippen LogP contribution in [0.5, 0.6) is 0 Å². The lowest BCUT2D eigenvalue weighted by Crippen LogP contribution is -2.66. The Labute approximate surface area is 373 Å². The number of aliphatic hydroxyl groups excluding tert-OH is 2. The Kier molecular flexibility index (Phi) is 13.2. The maximum Gasteiger partial charge on any atom is 0.333 e. The minimum Gasteiger partial charge on any atom is -0.509 e. The fourth-order valence-electron chi connectivity index (χ4n) is 11.8. The molecule has 14 unspecified atom stereocenters. The molecule has 3 saturated carbocycles. The van der Waals surface area contributed by atoms with E-state index in [0.717, 1.165) is 6.42 Å². The monoisotopic (exact) mass is 900 g/mol. The molecular formula is C47H64O17. The fourth-order valence-corrected chi connectivity index (χ4v) is 11.8. The normalized spacial score (nSPS) is 42.6. The van der Waals surface area contributed by atoms with E-state index in [9.17, 15) is 24.9 Å². The number of rotatable bonds is 14. The number of hydrogen-bond donors (Lipinski definition) is 3. The summed E-state index contributed by atoms with van der Waals surface area (Å²) in [6.45, 7) is 9.34. The maximum atomic E-state index is 13.3. The van der Waals surface area contributed by atoms with Crippen LogP contribution in [-0.2, 0) is 66.4 Å². The zero-order valence-electron chi connectivity index (χ0n) is 37.9. The number of Topliss-reactive ketones (excluding diaryl/α,β-unsaturated/α-hetero) is 1. The lowest BCUT2D eigenvalue weighted by molar-refractivity contribution is -0.234. The molecule has 3 fully saturated rings. The Balaban J connectivity index is 0.888. The topological polar surface area (TPSA) is 206 Å². The Morgan fingerprint density at radius 2 is 1.44 bits per heavy atom. The number of methoxy groups -OCH3 is 3. The van der Waals surface area contributed by atoms with E-state index < -0.39 is 78.6 Å². The molecule has 17 nitrogen and oxygen atoms in total. The van der Waals surface area contributed by atoms with Crippen LogP contribution >= 0.6 is 0 Å². The van der Waals surface area contributed by atoms with Gasteiger partial charge in [0.2, 0.25) is 12.6 Å². The number of allylic oxidation sites excluding steroid dienone is 3. The number of ether oxygens (including phenoxy) is 12. The van der Waals surface area contributed by atoms with Crippen molar-refractivity contribution >= 4 is 11.8 Å². The van der Waals surface area contributed by atoms with Crippen molar-refractivity contribution in [3.63, 3.8) is 0 Å². The number of aliphatic hydroxyl groups is 3. The van der Waals surface area contributed by atoms with Crippen molar-refractivity contribution in [1.82, 2.24) is 0 Å². The number of carbonyl (C=O) groups excluding carboxylic acids is 2. The Hall–Kier alpha value is -4.26. The molecule has 4 aliphatic heterocycles. The SMILES string of the molecule is C/C=C(\C)C(=O)OC1CC2C(CC=C3CC(OC4OC=C(OC5OC=C(O[C@@H]6OC=C(O[C@H]7CCC(O)=CO7)C(OC)C6O)C5OC)C4OC)CCC32C)C2(O)CCC(C(C)=O)C12C. The average Bonchev–Trinajstić information content (AvgIpc) is 3.94. The molecule has 64 heavy (non-hydrogen) atoms. The summed E-state index contributed by atoms with van der Waals surface area (Å²) in [4.78, 5) is 26.4. The third-order valence-electron chi connectivity index (χ3n) is 15.5. The van der Waals surface area contributed by atoms with Crippen molar-refractivity contribution in [3.8, 4) is 0 Å². The number of ketones is 1. The van der Waals surface area contributed by atoms with Crippen LogP contribution in [0.3, 0.4) is 0 Å². The van der Waals surface area contributed by atoms with Crippen molar-refractivity contribution in [2.24, 2.45) is 28.6 Å². The molecule has 16 atom stereocenters. The van der Waals surface area contributed by atoms with Crippen molar-refractivity contribution in [3.05, 3.63) is 71.4 Å². The molecule has 4 heterocycles. The van der Waals surface area contributed by atoms with Crippen molar-refractivity contribution < 1.29 is 81.8 Å². The Morgan fingerprint density at radius 3 is 2.08 bits per heavy atom. The minimum atomic E-state index is -1.33. The van der Waals surface area contributed by atoms with Crippen LogP contribution < -0.4 is 0 Å². The molecule has 0 spiro atoms. The highest BCUT2D eigenvalue weighted by Crippen LogP contribution is 2.68. The predicted octanol–water partition coefficient (Wildman–Crippen LogP) is 5.73. The lowest BCUT2D eigenvalue weighted by atomic mass is 9.45. The van der Waals surface area contributed by atoms with Crippen molar-refractivity contribution in [2.75, 3.05) is 21.3 Å². The number of hydrogen-bond acceptors (Lipinski definition) is 17. The van der Waals surface area contributed by atoms with Gasteiger partial charge in [0.15, 0.2) is 41.7 Å². The average molecular weight is 901 g/mol. The zero-order chi connectivity index (χ0) is 45.7. The van der Waals surface area contributed by atoms with Crippen molar-refractivity contribution in [2.45, 2.75) is 160 Å². The summed E-state index contributed by atoms with van der Waals surface area (Å²) in [5.41, 5.74) is -0.634. The van der Waals surface area contributed by atoms with E-state index in [4.69, 9.17) is 56.8 Å². The predicted molar refractivity (Wildman–Crippen MR) is 222 cm³/mol. The summed E-state index contributed by atoms with van der Waals surface area (Å²) in [7, 11) is 4.41. The fraction of sp³-hybridized carbons (Fsp3) is 0.702. The molecule has 0 bridgehead atoms. The van der Waals surface area contributed by atoms with Gasteiger partial charge in [-0.3, -0.25) is 4.79 Å². The second kappa shape index (κ2) is 18.2. The van der Waals surface area contributed by atoms with Gasteiger partial charge in [0.25, 0.3) is 12.6 Å². The second-order valence-electron chi connectivity index (χ2n) is 18.7. The summed E-state index contributed by atoms with van der Waals surface area (Å²) in [6.07, 6.45) is 5.89. The molecule has 0 saturated heterocycles. The smallest absolute Gasteiger partial charge is 0.333 e. The molecule has 354 valence electrons. The molecule has 17 heteroatoms. The molecular weight excluding hydrogens is 836 g/mol. The van der Waals surface area contributed by atoms with E-state index in [1.807, 2.05) is 6.92 Å². The highest BCUT2D eigenvalue weighted by molar-refractivity contribution is 5.88. The van der Waals surface area contributed by atoms with E-state index in [1.54, 1.807) is 26.8 Å². The second-order valence-corrected chi connectivity index (χ2v) is 18.7. The Morgan fingerprint density at radius 1 is 0.797 bits per heavy atom. The van der Waals surface area contributed by atoms with E-state index in [2.05, 4.69) is 13.0 Å². The molecule has 4 aliphatic carbocycles. The van der Waals surface area contributed by atoms with E-state index >= 15 is 0 Å². The zero-order valence-corrected chi connectivity index (χ0v) is 37.9. The quantitative estimate of drug-likeness (QED) is 0.108. The van der Waals surface area contributed by atoms with Crippen LogP contribution in [0.4, 0.5) is 0 Å². The summed E-state index contributed by atoms with van der Waals surface area (Å²) < 4.78 is 71.1. The minimum absolute atomic E-state index is 0.0200. The van der Waals surface area contributed by atoms with Gasteiger partial charge in [-0.2, -0.15) is 0 Å². The van der Waals surface area contributed by atoms with Gasteiger partial charge in [0.1, 0.15) is 42.7 Å². The maximum absolute atomic E-state index is 13.3. The van der Waals surface area contributed by atoms with Crippen LogP contribution in [0, 0.1) is 28.6 Å². The van der Waals surface area contributed by atoms with Crippen molar-refractivity contribution in [1.29, 1.82) is 0 Å². The first-order chi connectivity index (χ1) is 30.6. The van der Waals surface area contributed by atoms with E-state index in [-0.39, 0.29) is 46.4 Å². The first-order valence-corrected chi connectivity index (χ1v) is 22.4. The third-order valence-corrected chi connectivity index (χ3v) is 15.5. The molecule has 3 N–H and O–H groups in total. The van der Waals surface area contributed by atoms with Gasteiger partial charge in [0, 0.05) is 51.1 Å². The number of esters is 1. The first-order valence-electron chi connectivity index (χ1n) is 22.4.